The second-order valence-electron chi connectivity index (χ2n) is 9.05. The van der Waals surface area contributed by atoms with Gasteiger partial charge in [-0.05, 0) is 52.9 Å². The van der Waals surface area contributed by atoms with Crippen molar-refractivity contribution < 1.29 is 17.9 Å². The van der Waals surface area contributed by atoms with Gasteiger partial charge in [0.15, 0.2) is 6.20 Å². The minimum Gasteiger partial charge on any atom is -0.710 e. The van der Waals surface area contributed by atoms with Crippen LogP contribution in [0.1, 0.15) is 27.4 Å². The van der Waals surface area contributed by atoms with E-state index in [1.54, 1.807) is 42.9 Å². The summed E-state index contributed by atoms with van der Waals surface area (Å²) < 4.78 is 28.5. The Bertz CT molecular complexity index is 1710. The van der Waals surface area contributed by atoms with Gasteiger partial charge in [0.25, 0.3) is 10.0 Å². The third-order valence-electron chi connectivity index (χ3n) is 6.99. The van der Waals surface area contributed by atoms with Crippen LogP contribution in [0.3, 0.4) is 0 Å². The molecule has 1 aliphatic heterocycles. The van der Waals surface area contributed by atoms with Gasteiger partial charge in [0, 0.05) is 61.5 Å². The number of H-pyrrole nitrogens is 1. The first-order valence-electron chi connectivity index (χ1n) is 11.8. The standard InChI is InChI=1S/C26H22N6O4S/c1-2-17-3-5-22-19(13-17)14-24(29-22)37(35,36)31-11-9-30(10-12-31)26(33)25-28-16-21-20-7-8-27-15-18(20)4-6-23(21)32(25)34/h1,3,5,7-8,13-16,29H,4,6,9-12H2. The molecule has 0 unspecified atom stereocenters. The number of aromatic amines is 1. The molecule has 37 heavy (non-hydrogen) atoms. The average molecular weight is 515 g/mol. The topological polar surface area (TPSA) is 126 Å². The lowest BCUT2D eigenvalue weighted by Crippen LogP contribution is -2.53. The van der Waals surface area contributed by atoms with E-state index in [-0.39, 0.29) is 37.0 Å². The molecule has 1 fully saturated rings. The lowest BCUT2D eigenvalue weighted by Gasteiger charge is -2.33. The summed E-state index contributed by atoms with van der Waals surface area (Å²) in [6.07, 6.45) is 11.6. The van der Waals surface area contributed by atoms with Gasteiger partial charge in [-0.1, -0.05) is 5.92 Å². The van der Waals surface area contributed by atoms with Gasteiger partial charge < -0.3 is 15.1 Å². The van der Waals surface area contributed by atoms with Gasteiger partial charge in [0.1, 0.15) is 10.7 Å². The highest BCUT2D eigenvalue weighted by molar-refractivity contribution is 7.89. The molecule has 3 aromatic heterocycles. The van der Waals surface area contributed by atoms with E-state index in [1.807, 2.05) is 6.07 Å². The normalized spacial score (nSPS) is 15.7. The van der Waals surface area contributed by atoms with Crippen LogP contribution in [0, 0.1) is 17.6 Å². The van der Waals surface area contributed by atoms with Gasteiger partial charge >= 0.3 is 11.7 Å². The van der Waals surface area contributed by atoms with Crippen molar-refractivity contribution in [1.29, 1.82) is 0 Å². The lowest BCUT2D eigenvalue weighted by atomic mass is 9.91. The quantitative estimate of drug-likeness (QED) is 0.251. The Kier molecular flexibility index (Phi) is 5.43. The van der Waals surface area contributed by atoms with E-state index in [2.05, 4.69) is 20.9 Å². The van der Waals surface area contributed by atoms with Crippen molar-refractivity contribution in [2.24, 2.45) is 0 Å². The summed E-state index contributed by atoms with van der Waals surface area (Å²) in [6.45, 7) is 0.492. The molecule has 10 nitrogen and oxygen atoms in total. The van der Waals surface area contributed by atoms with Gasteiger partial charge in [0.05, 0.1) is 5.56 Å². The van der Waals surface area contributed by atoms with E-state index in [0.29, 0.717) is 45.3 Å². The number of carbonyl (C=O) groups is 1. The summed E-state index contributed by atoms with van der Waals surface area (Å²) in [5, 5.41) is 13.9. The number of aromatic nitrogens is 4. The zero-order chi connectivity index (χ0) is 25.7. The lowest BCUT2D eigenvalue weighted by molar-refractivity contribution is -0.619. The summed E-state index contributed by atoms with van der Waals surface area (Å²) in [5.74, 6) is 1.83. The molecule has 0 bridgehead atoms. The summed E-state index contributed by atoms with van der Waals surface area (Å²) in [7, 11) is -3.81. The average Bonchev–Trinajstić information content (AvgIpc) is 3.37. The molecular formula is C26H22N6O4S. The molecular weight excluding hydrogens is 492 g/mol. The van der Waals surface area contributed by atoms with Gasteiger partial charge in [-0.15, -0.1) is 6.42 Å². The zero-order valence-corrected chi connectivity index (χ0v) is 20.5. The maximum Gasteiger partial charge on any atom is 0.392 e. The molecule has 1 N–H and O–H groups in total. The molecule has 0 saturated carbocycles. The third-order valence-corrected chi connectivity index (χ3v) is 8.81. The predicted molar refractivity (Wildman–Crippen MR) is 135 cm³/mol. The number of hydrogen-bond donors (Lipinski definition) is 1. The van der Waals surface area contributed by atoms with Crippen LogP contribution < -0.4 is 4.73 Å². The molecule has 6 rings (SSSR count). The van der Waals surface area contributed by atoms with Crippen molar-refractivity contribution in [3.63, 3.8) is 0 Å². The third kappa shape index (κ3) is 3.82. The van der Waals surface area contributed by atoms with Crippen molar-refractivity contribution in [1.82, 2.24) is 24.2 Å². The molecule has 1 saturated heterocycles. The monoisotopic (exact) mass is 514 g/mol. The van der Waals surface area contributed by atoms with Crippen molar-refractivity contribution in [3.8, 4) is 23.5 Å². The van der Waals surface area contributed by atoms with Gasteiger partial charge in [-0.2, -0.15) is 4.31 Å². The number of fused-ring (bicyclic) bond motifs is 4. The first kappa shape index (κ1) is 23.1. The number of amides is 1. The smallest absolute Gasteiger partial charge is 0.392 e. The van der Waals surface area contributed by atoms with Crippen LogP contribution in [0.2, 0.25) is 0 Å². The minimum absolute atomic E-state index is 0.0701. The Balaban J connectivity index is 1.20. The second kappa shape index (κ2) is 8.69. The van der Waals surface area contributed by atoms with E-state index in [1.165, 1.54) is 9.21 Å². The molecule has 4 aromatic rings. The molecule has 1 aromatic carbocycles. The first-order valence-corrected chi connectivity index (χ1v) is 13.2. The van der Waals surface area contributed by atoms with Crippen LogP contribution in [0.5, 0.6) is 0 Å². The van der Waals surface area contributed by atoms with Crippen LogP contribution in [-0.2, 0) is 22.9 Å². The largest absolute Gasteiger partial charge is 0.710 e. The number of carbonyl (C=O) groups excluding carboxylic acids is 1. The number of benzene rings is 1. The number of aryl methyl sites for hydroxylation is 1. The summed E-state index contributed by atoms with van der Waals surface area (Å²) in [5.41, 5.74) is 4.49. The van der Waals surface area contributed by atoms with Crippen molar-refractivity contribution >= 4 is 26.8 Å². The van der Waals surface area contributed by atoms with Crippen LogP contribution >= 0.6 is 0 Å². The molecule has 1 aliphatic carbocycles. The van der Waals surface area contributed by atoms with Gasteiger partial charge in [-0.25, -0.2) is 13.1 Å². The number of pyridine rings is 1. The molecule has 2 aliphatic rings. The molecule has 0 atom stereocenters. The molecule has 4 heterocycles. The first-order chi connectivity index (χ1) is 17.9. The molecule has 0 spiro atoms. The van der Waals surface area contributed by atoms with E-state index in [4.69, 9.17) is 6.42 Å². The molecule has 186 valence electrons. The van der Waals surface area contributed by atoms with Gasteiger partial charge in [-0.3, -0.25) is 9.78 Å². The minimum atomic E-state index is -3.81. The van der Waals surface area contributed by atoms with Crippen LogP contribution in [-0.4, -0.2) is 64.7 Å². The second-order valence-corrected chi connectivity index (χ2v) is 11.0. The number of sulfonamides is 1. The number of nitrogens with one attached hydrogen (secondary N) is 1. The molecule has 11 heteroatoms. The Morgan fingerprint density at radius 1 is 1.08 bits per heavy atom. The van der Waals surface area contributed by atoms with Crippen molar-refractivity contribution in [2.45, 2.75) is 17.9 Å². The Labute approximate surface area is 213 Å². The van der Waals surface area contributed by atoms with Crippen molar-refractivity contribution in [2.75, 3.05) is 26.2 Å². The number of nitrogens with zero attached hydrogens (tertiary/aromatic N) is 5. The summed E-state index contributed by atoms with van der Waals surface area (Å²) in [4.78, 5) is 26.0. The van der Waals surface area contributed by atoms with Crippen LogP contribution in [0.15, 0.2) is 53.9 Å². The highest BCUT2D eigenvalue weighted by Crippen LogP contribution is 2.30. The Morgan fingerprint density at radius 3 is 2.68 bits per heavy atom. The number of piperazine rings is 1. The Morgan fingerprint density at radius 2 is 1.89 bits per heavy atom. The molecule has 0 radical (unpaired) electrons. The van der Waals surface area contributed by atoms with Gasteiger partial charge in [0.2, 0.25) is 0 Å². The highest BCUT2D eigenvalue weighted by Gasteiger charge is 2.35. The zero-order valence-electron chi connectivity index (χ0n) is 19.7. The number of terminal acetylenes is 1. The number of rotatable bonds is 3. The van der Waals surface area contributed by atoms with Crippen LogP contribution in [0.4, 0.5) is 0 Å². The maximum atomic E-state index is 13.3. The fraction of sp³-hybridized carbons (Fsp3) is 0.231. The van der Waals surface area contributed by atoms with Crippen LogP contribution in [0.25, 0.3) is 22.0 Å². The number of hydrogen-bond acceptors (Lipinski definition) is 6. The van der Waals surface area contributed by atoms with Crippen molar-refractivity contribution in [3.05, 3.63) is 76.8 Å². The van der Waals surface area contributed by atoms with E-state index in [0.717, 1.165) is 11.1 Å². The fourth-order valence-corrected chi connectivity index (χ4v) is 6.42. The summed E-state index contributed by atoms with van der Waals surface area (Å²) in [6, 6.07) is 8.65. The predicted octanol–water partition coefficient (Wildman–Crippen LogP) is 1.48. The summed E-state index contributed by atoms with van der Waals surface area (Å²) >= 11 is 0. The Hall–Kier alpha value is -4.27. The van der Waals surface area contributed by atoms with E-state index in [9.17, 15) is 18.4 Å². The SMILES string of the molecule is C#Cc1ccc2[nH]c(S(=O)(=O)N3CCN(C(=O)c4ncc5c([n+]4[O-])CCc4cnccc4-5)CC3)cc2c1. The highest BCUT2D eigenvalue weighted by atomic mass is 32.2. The maximum absolute atomic E-state index is 13.3. The molecule has 1 amide bonds. The van der Waals surface area contributed by atoms with E-state index >= 15 is 0 Å². The van der Waals surface area contributed by atoms with E-state index < -0.39 is 15.9 Å². The fourth-order valence-electron chi connectivity index (χ4n) is 4.98.